The van der Waals surface area contributed by atoms with E-state index in [0.29, 0.717) is 5.02 Å². The van der Waals surface area contributed by atoms with E-state index in [9.17, 15) is 14.3 Å². The summed E-state index contributed by atoms with van der Waals surface area (Å²) in [6.07, 6.45) is 0.195. The minimum absolute atomic E-state index is 0.183. The number of halogens is 2. The summed E-state index contributed by atoms with van der Waals surface area (Å²) < 4.78 is 13.9. The van der Waals surface area contributed by atoms with E-state index in [-0.39, 0.29) is 12.0 Å². The van der Waals surface area contributed by atoms with Crippen molar-refractivity contribution in [3.8, 4) is 0 Å². The van der Waals surface area contributed by atoms with Gasteiger partial charge in [0.2, 0.25) is 0 Å². The molecule has 0 aromatic heterocycles. The standard InChI is InChI=1S/C16H14ClFO2/c1-16(15(19)20,13-4-2-3-5-14(13)18)10-11-6-8-12(17)9-7-11/h2-9H,10H2,1H3,(H,19,20). The van der Waals surface area contributed by atoms with Crippen molar-refractivity contribution in [2.24, 2.45) is 0 Å². The highest BCUT2D eigenvalue weighted by Crippen LogP contribution is 2.31. The smallest absolute Gasteiger partial charge is 0.314 e. The molecule has 2 rings (SSSR count). The highest BCUT2D eigenvalue weighted by Gasteiger charge is 2.37. The Kier molecular flexibility index (Phi) is 4.09. The van der Waals surface area contributed by atoms with Crippen LogP contribution in [0.4, 0.5) is 4.39 Å². The average Bonchev–Trinajstić information content (AvgIpc) is 2.41. The van der Waals surface area contributed by atoms with E-state index < -0.39 is 17.2 Å². The van der Waals surface area contributed by atoms with Crippen LogP contribution in [0.3, 0.4) is 0 Å². The van der Waals surface area contributed by atoms with E-state index in [1.165, 1.54) is 19.1 Å². The van der Waals surface area contributed by atoms with Crippen LogP contribution in [0.15, 0.2) is 48.5 Å². The molecule has 104 valence electrons. The van der Waals surface area contributed by atoms with Crippen molar-refractivity contribution < 1.29 is 14.3 Å². The van der Waals surface area contributed by atoms with E-state index >= 15 is 0 Å². The normalized spacial score (nSPS) is 13.8. The fraction of sp³-hybridized carbons (Fsp3) is 0.188. The Morgan fingerprint density at radius 3 is 2.35 bits per heavy atom. The predicted octanol–water partition coefficient (Wildman–Crippen LogP) is 4.06. The zero-order valence-corrected chi connectivity index (χ0v) is 11.7. The van der Waals surface area contributed by atoms with Gasteiger partial charge in [-0.2, -0.15) is 0 Å². The quantitative estimate of drug-likeness (QED) is 0.922. The largest absolute Gasteiger partial charge is 0.481 e. The zero-order chi connectivity index (χ0) is 14.8. The van der Waals surface area contributed by atoms with Crippen LogP contribution in [0.2, 0.25) is 5.02 Å². The van der Waals surface area contributed by atoms with Crippen molar-refractivity contribution in [2.75, 3.05) is 0 Å². The predicted molar refractivity (Wildman–Crippen MR) is 76.5 cm³/mol. The van der Waals surface area contributed by atoms with Gasteiger partial charge in [-0.05, 0) is 37.1 Å². The lowest BCUT2D eigenvalue weighted by Crippen LogP contribution is -2.35. The zero-order valence-electron chi connectivity index (χ0n) is 10.9. The monoisotopic (exact) mass is 292 g/mol. The van der Waals surface area contributed by atoms with Gasteiger partial charge in [0.25, 0.3) is 0 Å². The molecule has 0 aliphatic rings. The van der Waals surface area contributed by atoms with E-state index in [4.69, 9.17) is 11.6 Å². The summed E-state index contributed by atoms with van der Waals surface area (Å²) in [6.45, 7) is 1.53. The lowest BCUT2D eigenvalue weighted by molar-refractivity contribution is -0.143. The molecule has 0 aliphatic carbocycles. The van der Waals surface area contributed by atoms with Crippen LogP contribution in [0.1, 0.15) is 18.1 Å². The van der Waals surface area contributed by atoms with Crippen molar-refractivity contribution >= 4 is 17.6 Å². The number of carboxylic acids is 1. The van der Waals surface area contributed by atoms with Crippen LogP contribution in [0, 0.1) is 5.82 Å². The summed E-state index contributed by atoms with van der Waals surface area (Å²) in [5, 5.41) is 10.1. The second-order valence-electron chi connectivity index (χ2n) is 4.92. The molecule has 2 nitrogen and oxygen atoms in total. The highest BCUT2D eigenvalue weighted by atomic mass is 35.5. The summed E-state index contributed by atoms with van der Waals surface area (Å²) in [7, 11) is 0. The molecule has 0 heterocycles. The van der Waals surface area contributed by atoms with Crippen LogP contribution < -0.4 is 0 Å². The summed E-state index contributed by atoms with van der Waals surface area (Å²) in [6, 6.07) is 12.9. The lowest BCUT2D eigenvalue weighted by atomic mass is 9.77. The van der Waals surface area contributed by atoms with Crippen LogP contribution >= 0.6 is 11.6 Å². The Hall–Kier alpha value is -1.87. The van der Waals surface area contributed by atoms with Gasteiger partial charge in [0.1, 0.15) is 5.82 Å². The Labute approximate surface area is 121 Å². The molecule has 2 aromatic rings. The molecular weight excluding hydrogens is 279 g/mol. The second kappa shape index (κ2) is 5.63. The van der Waals surface area contributed by atoms with Gasteiger partial charge in [-0.15, -0.1) is 0 Å². The first kappa shape index (κ1) is 14.5. The van der Waals surface area contributed by atoms with Crippen LogP contribution in [-0.4, -0.2) is 11.1 Å². The average molecular weight is 293 g/mol. The van der Waals surface area contributed by atoms with Gasteiger partial charge in [0, 0.05) is 10.6 Å². The fourth-order valence-electron chi connectivity index (χ4n) is 2.21. The Bertz CT molecular complexity index is 625. The van der Waals surface area contributed by atoms with E-state index in [1.807, 2.05) is 0 Å². The maximum absolute atomic E-state index is 13.9. The Morgan fingerprint density at radius 1 is 1.20 bits per heavy atom. The molecule has 0 amide bonds. The summed E-state index contributed by atoms with van der Waals surface area (Å²) in [5.74, 6) is -1.57. The molecule has 4 heteroatoms. The molecule has 1 unspecified atom stereocenters. The first-order valence-corrected chi connectivity index (χ1v) is 6.54. The summed E-state index contributed by atoms with van der Waals surface area (Å²) in [5.41, 5.74) is -0.343. The number of rotatable bonds is 4. The Morgan fingerprint density at radius 2 is 1.80 bits per heavy atom. The lowest BCUT2D eigenvalue weighted by Gasteiger charge is -2.26. The van der Waals surface area contributed by atoms with Crippen molar-refractivity contribution in [3.05, 3.63) is 70.5 Å². The molecule has 0 spiro atoms. The second-order valence-corrected chi connectivity index (χ2v) is 5.36. The van der Waals surface area contributed by atoms with Gasteiger partial charge < -0.3 is 5.11 Å². The first-order chi connectivity index (χ1) is 9.43. The van der Waals surface area contributed by atoms with Gasteiger partial charge in [0.15, 0.2) is 0 Å². The number of hydrogen-bond acceptors (Lipinski definition) is 1. The van der Waals surface area contributed by atoms with E-state index in [0.717, 1.165) is 5.56 Å². The van der Waals surface area contributed by atoms with Crippen LogP contribution in [0.5, 0.6) is 0 Å². The molecule has 0 fully saturated rings. The van der Waals surface area contributed by atoms with Crippen molar-refractivity contribution in [2.45, 2.75) is 18.8 Å². The third kappa shape index (κ3) is 2.83. The third-order valence-corrected chi connectivity index (χ3v) is 3.66. The maximum Gasteiger partial charge on any atom is 0.314 e. The van der Waals surface area contributed by atoms with Gasteiger partial charge in [-0.25, -0.2) is 4.39 Å². The number of carbonyl (C=O) groups is 1. The molecule has 0 saturated heterocycles. The molecule has 0 saturated carbocycles. The molecule has 1 N–H and O–H groups in total. The molecular formula is C16H14ClFO2. The molecule has 0 bridgehead atoms. The minimum Gasteiger partial charge on any atom is -0.481 e. The summed E-state index contributed by atoms with van der Waals surface area (Å²) in [4.78, 5) is 11.7. The SMILES string of the molecule is CC(Cc1ccc(Cl)cc1)(C(=O)O)c1ccccc1F. The van der Waals surface area contributed by atoms with Crippen LogP contribution in [-0.2, 0) is 16.6 Å². The van der Waals surface area contributed by atoms with Gasteiger partial charge >= 0.3 is 5.97 Å². The molecule has 0 radical (unpaired) electrons. The molecule has 20 heavy (non-hydrogen) atoms. The summed E-state index contributed by atoms with van der Waals surface area (Å²) >= 11 is 5.81. The Balaban J connectivity index is 2.43. The number of carboxylic acid groups (broad SMARTS) is 1. The number of hydrogen-bond donors (Lipinski definition) is 1. The van der Waals surface area contributed by atoms with Crippen LogP contribution in [0.25, 0.3) is 0 Å². The van der Waals surface area contributed by atoms with Crippen molar-refractivity contribution in [1.29, 1.82) is 0 Å². The van der Waals surface area contributed by atoms with Crippen molar-refractivity contribution in [1.82, 2.24) is 0 Å². The molecule has 1 atom stereocenters. The number of benzene rings is 2. The highest BCUT2D eigenvalue weighted by molar-refractivity contribution is 6.30. The van der Waals surface area contributed by atoms with Gasteiger partial charge in [-0.1, -0.05) is 41.9 Å². The van der Waals surface area contributed by atoms with E-state index in [1.54, 1.807) is 36.4 Å². The molecule has 0 aliphatic heterocycles. The van der Waals surface area contributed by atoms with Crippen molar-refractivity contribution in [3.63, 3.8) is 0 Å². The maximum atomic E-state index is 13.9. The van der Waals surface area contributed by atoms with Gasteiger partial charge in [0.05, 0.1) is 5.41 Å². The fourth-order valence-corrected chi connectivity index (χ4v) is 2.33. The number of aliphatic carboxylic acids is 1. The third-order valence-electron chi connectivity index (χ3n) is 3.41. The topological polar surface area (TPSA) is 37.3 Å². The minimum atomic E-state index is -1.32. The molecule has 2 aromatic carbocycles. The van der Waals surface area contributed by atoms with E-state index in [2.05, 4.69) is 0 Å². The first-order valence-electron chi connectivity index (χ1n) is 6.16. The van der Waals surface area contributed by atoms with Gasteiger partial charge in [-0.3, -0.25) is 4.79 Å².